The van der Waals surface area contributed by atoms with E-state index in [1.165, 1.54) is 0 Å². The summed E-state index contributed by atoms with van der Waals surface area (Å²) in [4.78, 5) is 0. The van der Waals surface area contributed by atoms with Crippen LogP contribution in [0.2, 0.25) is 0 Å². The Bertz CT molecular complexity index is 326. The predicted molar refractivity (Wildman–Crippen MR) is 56.6 cm³/mol. The first kappa shape index (κ1) is 22.4. The second kappa shape index (κ2) is 6.06. The molecule has 0 N–H and O–H groups in total. The number of alkyl halides is 14. The normalized spacial score (nSPS) is 16.1. The zero-order valence-electron chi connectivity index (χ0n) is 9.11. The van der Waals surface area contributed by atoms with E-state index >= 15 is 0 Å². The molecular weight excluding hydrogens is 435 g/mol. The Kier molecular flexibility index (Phi) is 6.18. The van der Waals surface area contributed by atoms with E-state index in [1.54, 1.807) is 0 Å². The minimum Gasteiger partial charge on any atom is -0.168 e. The van der Waals surface area contributed by atoms with Crippen LogP contribution < -0.4 is 0 Å². The molecule has 0 rings (SSSR count). The number of hydrogen-bond donors (Lipinski definition) is 0. The van der Waals surface area contributed by atoms with Crippen LogP contribution in [0.15, 0.2) is 0 Å². The monoisotopic (exact) mass is 434 g/mol. The van der Waals surface area contributed by atoms with Gasteiger partial charge >= 0.3 is 24.7 Å². The van der Waals surface area contributed by atoms with E-state index in [0.29, 0.717) is 0 Å². The molecule has 0 atom stereocenters. The maximum Gasteiger partial charge on any atom is 0.426 e. The molecule has 0 aromatic heterocycles. The first-order valence-electron chi connectivity index (χ1n) is 4.22. The van der Waals surface area contributed by atoms with Crippen LogP contribution in [0.3, 0.4) is 0 Å². The maximum absolute atomic E-state index is 12.3. The van der Waals surface area contributed by atoms with Gasteiger partial charge < -0.3 is 0 Å². The van der Waals surface area contributed by atoms with E-state index in [2.05, 4.69) is 23.2 Å². The van der Waals surface area contributed by atoms with Gasteiger partial charge in [0.05, 0.1) is 0 Å². The molecule has 0 unspecified atom stereocenters. The molecule has 0 aliphatic rings. The molecule has 0 aliphatic carbocycles. The Balaban J connectivity index is 5.72. The average Bonchev–Trinajstić information content (AvgIpc) is 2.18. The molecule has 0 saturated heterocycles. The van der Waals surface area contributed by atoms with Crippen molar-refractivity contribution in [3.8, 4) is 0 Å². The van der Waals surface area contributed by atoms with Crippen molar-refractivity contribution in [1.82, 2.24) is 0 Å². The minimum absolute atomic E-state index is 1.94. The lowest BCUT2D eigenvalue weighted by atomic mass is 10.4. The van der Waals surface area contributed by atoms with Crippen molar-refractivity contribution < 1.29 is 52.7 Å². The third-order valence-electron chi connectivity index (χ3n) is 1.73. The van der Waals surface area contributed by atoms with Crippen LogP contribution in [0, 0.1) is 0 Å². The Morgan fingerprint density at radius 3 is 0.636 bits per heavy atom. The molecular formula is C6Cl2F12S2. The van der Waals surface area contributed by atoms with Crippen LogP contribution in [0.1, 0.15) is 0 Å². The SMILES string of the molecule is FC(F)(F)C(Cl)(SSC(Cl)(C(F)(F)F)C(F)(F)F)C(F)(F)F. The first-order valence-corrected chi connectivity index (χ1v) is 7.13. The molecule has 0 fully saturated rings. The third kappa shape index (κ3) is 4.09. The van der Waals surface area contributed by atoms with Crippen molar-refractivity contribution in [3.63, 3.8) is 0 Å². The highest BCUT2D eigenvalue weighted by Gasteiger charge is 2.76. The summed E-state index contributed by atoms with van der Waals surface area (Å²) in [5.41, 5.74) is 0. The maximum atomic E-state index is 12.3. The van der Waals surface area contributed by atoms with Crippen molar-refractivity contribution in [3.05, 3.63) is 0 Å². The van der Waals surface area contributed by atoms with Gasteiger partial charge in [-0.2, -0.15) is 52.7 Å². The van der Waals surface area contributed by atoms with Gasteiger partial charge in [-0.15, -0.1) is 0 Å². The summed E-state index contributed by atoms with van der Waals surface area (Å²) < 4.78 is 136. The van der Waals surface area contributed by atoms with E-state index < -0.39 is 54.7 Å². The fraction of sp³-hybridized carbons (Fsp3) is 1.00. The molecule has 16 heteroatoms. The number of halogens is 14. The fourth-order valence-electron chi connectivity index (χ4n) is 0.625. The first-order chi connectivity index (χ1) is 9.21. The van der Waals surface area contributed by atoms with E-state index in [1.807, 2.05) is 0 Å². The van der Waals surface area contributed by atoms with E-state index in [9.17, 15) is 52.7 Å². The predicted octanol–water partition coefficient (Wildman–Crippen LogP) is 6.49. The molecule has 0 heterocycles. The van der Waals surface area contributed by atoms with Crippen LogP contribution >= 0.6 is 44.8 Å². The third-order valence-corrected chi connectivity index (χ3v) is 6.82. The van der Waals surface area contributed by atoms with Gasteiger partial charge in [-0.25, -0.2) is 0 Å². The standard InChI is InChI=1S/C6Cl2F12S2/c7-1(3(9,10)11,4(12,13)14)21-22-2(8,5(15,16)17)6(18,19)20. The Hall–Kier alpha value is 0.440. The summed E-state index contributed by atoms with van der Waals surface area (Å²) in [5.74, 6) is 0. The second-order valence-electron chi connectivity index (χ2n) is 3.35. The highest BCUT2D eigenvalue weighted by Crippen LogP contribution is 2.66. The summed E-state index contributed by atoms with van der Waals surface area (Å²) in [6, 6.07) is 0. The highest BCUT2D eigenvalue weighted by atomic mass is 35.5. The zero-order valence-corrected chi connectivity index (χ0v) is 12.3. The lowest BCUT2D eigenvalue weighted by Gasteiger charge is -2.35. The van der Waals surface area contributed by atoms with Crippen LogP contribution in [0.5, 0.6) is 0 Å². The molecule has 134 valence electrons. The van der Waals surface area contributed by atoms with E-state index in [-0.39, 0.29) is 0 Å². The van der Waals surface area contributed by atoms with Gasteiger partial charge in [-0.1, -0.05) is 23.2 Å². The van der Waals surface area contributed by atoms with Gasteiger partial charge in [-0.05, 0) is 21.6 Å². The van der Waals surface area contributed by atoms with Crippen LogP contribution in [-0.2, 0) is 0 Å². The molecule has 0 amide bonds. The smallest absolute Gasteiger partial charge is 0.168 e. The summed E-state index contributed by atoms with van der Waals surface area (Å²) >= 11 is 8.39. The van der Waals surface area contributed by atoms with Crippen molar-refractivity contribution in [1.29, 1.82) is 0 Å². The van der Waals surface area contributed by atoms with Gasteiger partial charge in [-0.3, -0.25) is 0 Å². The second-order valence-corrected chi connectivity index (χ2v) is 7.49. The molecule has 0 saturated carbocycles. The van der Waals surface area contributed by atoms with E-state index in [4.69, 9.17) is 0 Å². The Morgan fingerprint density at radius 2 is 0.545 bits per heavy atom. The zero-order chi connectivity index (χ0) is 18.4. The molecule has 0 aliphatic heterocycles. The summed E-state index contributed by atoms with van der Waals surface area (Å²) in [6.07, 6.45) is -25.6. The van der Waals surface area contributed by atoms with Gasteiger partial charge in [0.2, 0.25) is 0 Å². The topological polar surface area (TPSA) is 0 Å². The molecule has 0 nitrogen and oxygen atoms in total. The van der Waals surface area contributed by atoms with Gasteiger partial charge in [0.1, 0.15) is 0 Å². The van der Waals surface area contributed by atoms with Crippen molar-refractivity contribution >= 4 is 44.8 Å². The van der Waals surface area contributed by atoms with Crippen LogP contribution in [0.25, 0.3) is 0 Å². The van der Waals surface area contributed by atoms with Crippen molar-refractivity contribution in [2.75, 3.05) is 0 Å². The summed E-state index contributed by atoms with van der Waals surface area (Å²) in [7, 11) is -3.88. The average molecular weight is 435 g/mol. The summed E-state index contributed by atoms with van der Waals surface area (Å²) in [6.45, 7) is 0. The quantitative estimate of drug-likeness (QED) is 0.283. The fourth-order valence-corrected chi connectivity index (χ4v) is 3.62. The largest absolute Gasteiger partial charge is 0.426 e. The minimum atomic E-state index is -6.40. The van der Waals surface area contributed by atoms with Crippen molar-refractivity contribution in [2.24, 2.45) is 0 Å². The van der Waals surface area contributed by atoms with Gasteiger partial charge in [0, 0.05) is 0 Å². The lowest BCUT2D eigenvalue weighted by molar-refractivity contribution is -0.241. The summed E-state index contributed by atoms with van der Waals surface area (Å²) in [5, 5.41) is 0. The Labute approximate surface area is 131 Å². The highest BCUT2D eigenvalue weighted by molar-refractivity contribution is 8.78. The molecule has 0 aromatic carbocycles. The van der Waals surface area contributed by atoms with Crippen LogP contribution in [0.4, 0.5) is 52.7 Å². The van der Waals surface area contributed by atoms with Gasteiger partial charge in [0.15, 0.2) is 0 Å². The molecule has 0 spiro atoms. The number of rotatable bonds is 3. The molecule has 22 heavy (non-hydrogen) atoms. The molecule has 0 bridgehead atoms. The van der Waals surface area contributed by atoms with E-state index in [0.717, 1.165) is 0 Å². The van der Waals surface area contributed by atoms with Gasteiger partial charge in [0.25, 0.3) is 8.41 Å². The molecule has 0 radical (unpaired) electrons. The lowest BCUT2D eigenvalue weighted by Crippen LogP contribution is -2.52. The molecule has 0 aromatic rings. The number of hydrogen-bond acceptors (Lipinski definition) is 2. The van der Waals surface area contributed by atoms with Crippen LogP contribution in [-0.4, -0.2) is 33.1 Å². The Morgan fingerprint density at radius 1 is 0.409 bits per heavy atom. The van der Waals surface area contributed by atoms with Crippen molar-refractivity contribution in [2.45, 2.75) is 33.1 Å².